The third-order valence-corrected chi connectivity index (χ3v) is 6.72. The Balaban J connectivity index is 1.54. The van der Waals surface area contributed by atoms with Gasteiger partial charge in [0, 0.05) is 23.4 Å². The number of carbonyl (C=O) groups is 1. The highest BCUT2D eigenvalue weighted by Gasteiger charge is 2.30. The molecule has 10 heteroatoms. The molecule has 2 aromatic heterocycles. The maximum Gasteiger partial charge on any atom is 0.334 e. The van der Waals surface area contributed by atoms with Gasteiger partial charge in [-0.1, -0.05) is 35.9 Å². The summed E-state index contributed by atoms with van der Waals surface area (Å²) in [5.41, 5.74) is 2.95. The lowest BCUT2D eigenvalue weighted by atomic mass is 10.0. The first-order valence-corrected chi connectivity index (χ1v) is 12.1. The lowest BCUT2D eigenvalue weighted by Gasteiger charge is -2.12. The number of ketones is 1. The summed E-state index contributed by atoms with van der Waals surface area (Å²) < 4.78 is 6.77. The first-order valence-electron chi connectivity index (χ1n) is 11.8. The van der Waals surface area contributed by atoms with Gasteiger partial charge in [0.1, 0.15) is 11.4 Å². The molecule has 37 heavy (non-hydrogen) atoms. The standard InChI is InChI=1S/C27H24ClN5O4/c1-16-25(33(35)36)27(31-32(16)15-17-7-11-19(37-2)12-8-17)30-24-13-23(18-9-10-18)29-14-21(24)26(34)20-5-3-4-6-22(20)28/h3-8,11-14,18H,9-10,15H2,1-2H3,(H,29,30,31). The number of benzene rings is 2. The fraction of sp³-hybridized carbons (Fsp3) is 0.222. The molecule has 1 saturated carbocycles. The normalized spacial score (nSPS) is 12.8. The van der Waals surface area contributed by atoms with E-state index in [-0.39, 0.29) is 22.9 Å². The molecule has 0 saturated heterocycles. The lowest BCUT2D eigenvalue weighted by molar-refractivity contribution is -0.384. The summed E-state index contributed by atoms with van der Waals surface area (Å²) in [5.74, 6) is 0.751. The van der Waals surface area contributed by atoms with Crippen LogP contribution in [0.15, 0.2) is 60.8 Å². The van der Waals surface area contributed by atoms with Crippen molar-refractivity contribution in [2.45, 2.75) is 32.2 Å². The Labute approximate surface area is 218 Å². The number of carbonyl (C=O) groups excluding carboxylic acids is 1. The molecule has 0 amide bonds. The molecule has 1 aliphatic rings. The van der Waals surface area contributed by atoms with Crippen LogP contribution in [0, 0.1) is 17.0 Å². The van der Waals surface area contributed by atoms with Gasteiger partial charge in [0.2, 0.25) is 5.82 Å². The molecule has 9 nitrogen and oxygen atoms in total. The Kier molecular flexibility index (Phi) is 6.62. The molecule has 0 unspecified atom stereocenters. The van der Waals surface area contributed by atoms with E-state index in [0.29, 0.717) is 40.2 Å². The third kappa shape index (κ3) is 5.03. The molecule has 4 aromatic rings. The van der Waals surface area contributed by atoms with Gasteiger partial charge in [-0.25, -0.2) is 0 Å². The van der Waals surface area contributed by atoms with Crippen molar-refractivity contribution in [2.75, 3.05) is 12.4 Å². The second kappa shape index (κ2) is 10.0. The fourth-order valence-corrected chi connectivity index (χ4v) is 4.40. The van der Waals surface area contributed by atoms with Crippen molar-refractivity contribution in [1.29, 1.82) is 0 Å². The van der Waals surface area contributed by atoms with Gasteiger partial charge in [-0.2, -0.15) is 0 Å². The second-order valence-corrected chi connectivity index (χ2v) is 9.32. The molecule has 188 valence electrons. The van der Waals surface area contributed by atoms with Gasteiger partial charge in [-0.3, -0.25) is 24.6 Å². The highest BCUT2D eigenvalue weighted by Crippen LogP contribution is 2.41. The number of nitrogens with zero attached hydrogens (tertiary/aromatic N) is 4. The number of anilines is 2. The molecule has 0 spiro atoms. The van der Waals surface area contributed by atoms with E-state index in [0.717, 1.165) is 24.1 Å². The smallest absolute Gasteiger partial charge is 0.334 e. The summed E-state index contributed by atoms with van der Waals surface area (Å²) in [6, 6.07) is 15.9. The third-order valence-electron chi connectivity index (χ3n) is 6.39. The van der Waals surface area contributed by atoms with E-state index in [1.807, 2.05) is 24.3 Å². The maximum atomic E-state index is 13.4. The van der Waals surface area contributed by atoms with Crippen molar-refractivity contribution in [2.24, 2.45) is 0 Å². The zero-order chi connectivity index (χ0) is 26.1. The Bertz CT molecular complexity index is 1500. The van der Waals surface area contributed by atoms with Crippen LogP contribution in [0.2, 0.25) is 5.02 Å². The SMILES string of the molecule is COc1ccc(Cn2nc(Nc3cc(C4CC4)ncc3C(=O)c3ccccc3Cl)c([N+](=O)[O-])c2C)cc1. The average Bonchev–Trinajstić information content (AvgIpc) is 3.69. The molecular formula is C27H24ClN5O4. The largest absolute Gasteiger partial charge is 0.497 e. The number of nitrogens with one attached hydrogen (secondary N) is 1. The van der Waals surface area contributed by atoms with E-state index in [1.54, 1.807) is 49.0 Å². The van der Waals surface area contributed by atoms with Crippen molar-refractivity contribution in [1.82, 2.24) is 14.8 Å². The number of hydrogen-bond donors (Lipinski definition) is 1. The van der Waals surface area contributed by atoms with Gasteiger partial charge in [-0.05, 0) is 55.7 Å². The van der Waals surface area contributed by atoms with Gasteiger partial charge in [0.15, 0.2) is 5.78 Å². The first-order chi connectivity index (χ1) is 17.9. The van der Waals surface area contributed by atoms with Crippen molar-refractivity contribution in [3.63, 3.8) is 0 Å². The number of halogens is 1. The molecule has 2 heterocycles. The molecule has 0 bridgehead atoms. The summed E-state index contributed by atoms with van der Waals surface area (Å²) in [5, 5.41) is 20.0. The molecule has 0 aliphatic heterocycles. The Hall–Kier alpha value is -4.24. The van der Waals surface area contributed by atoms with E-state index in [4.69, 9.17) is 16.3 Å². The molecule has 1 fully saturated rings. The van der Waals surface area contributed by atoms with Crippen molar-refractivity contribution >= 4 is 34.6 Å². The van der Waals surface area contributed by atoms with Crippen LogP contribution in [-0.4, -0.2) is 32.6 Å². The minimum Gasteiger partial charge on any atom is -0.497 e. The van der Waals surface area contributed by atoms with Gasteiger partial charge in [-0.15, -0.1) is 5.10 Å². The molecule has 5 rings (SSSR count). The zero-order valence-corrected chi connectivity index (χ0v) is 21.0. The van der Waals surface area contributed by atoms with Crippen LogP contribution in [0.4, 0.5) is 17.2 Å². The number of rotatable bonds is 9. The van der Waals surface area contributed by atoms with Gasteiger partial charge in [0.25, 0.3) is 0 Å². The Morgan fingerprint density at radius 2 is 1.92 bits per heavy atom. The van der Waals surface area contributed by atoms with E-state index >= 15 is 0 Å². The minimum absolute atomic E-state index is 0.0529. The van der Waals surface area contributed by atoms with E-state index < -0.39 is 4.92 Å². The van der Waals surface area contributed by atoms with Crippen LogP contribution in [0.1, 0.15) is 51.6 Å². The molecule has 1 N–H and O–H groups in total. The fourth-order valence-electron chi connectivity index (χ4n) is 4.17. The van der Waals surface area contributed by atoms with E-state index in [9.17, 15) is 14.9 Å². The number of aromatic nitrogens is 3. The van der Waals surface area contributed by atoms with Gasteiger partial charge in [0.05, 0.1) is 34.9 Å². The van der Waals surface area contributed by atoms with Crippen LogP contribution in [0.25, 0.3) is 0 Å². The average molecular weight is 518 g/mol. The Morgan fingerprint density at radius 3 is 2.57 bits per heavy atom. The minimum atomic E-state index is -0.465. The number of hydrogen-bond acceptors (Lipinski definition) is 7. The molecule has 0 atom stereocenters. The van der Waals surface area contributed by atoms with E-state index in [2.05, 4.69) is 15.4 Å². The molecule has 1 aliphatic carbocycles. The van der Waals surface area contributed by atoms with E-state index in [1.165, 1.54) is 6.20 Å². The monoisotopic (exact) mass is 517 g/mol. The number of methoxy groups -OCH3 is 1. The van der Waals surface area contributed by atoms with Gasteiger partial charge < -0.3 is 10.1 Å². The van der Waals surface area contributed by atoms with Crippen molar-refractivity contribution < 1.29 is 14.5 Å². The van der Waals surface area contributed by atoms with Crippen LogP contribution < -0.4 is 10.1 Å². The summed E-state index contributed by atoms with van der Waals surface area (Å²) in [7, 11) is 1.59. The predicted octanol–water partition coefficient (Wildman–Crippen LogP) is 6.06. The maximum absolute atomic E-state index is 13.4. The molecular weight excluding hydrogens is 494 g/mol. The topological polar surface area (TPSA) is 112 Å². The Morgan fingerprint density at radius 1 is 1.19 bits per heavy atom. The summed E-state index contributed by atoms with van der Waals surface area (Å²) >= 11 is 6.29. The van der Waals surface area contributed by atoms with Crippen molar-refractivity contribution in [3.05, 3.63) is 104 Å². The number of ether oxygens (including phenoxy) is 1. The highest BCUT2D eigenvalue weighted by atomic mass is 35.5. The van der Waals surface area contributed by atoms with Crippen LogP contribution in [-0.2, 0) is 6.54 Å². The van der Waals surface area contributed by atoms with Crippen LogP contribution in [0.3, 0.4) is 0 Å². The van der Waals surface area contributed by atoms with Crippen LogP contribution in [0.5, 0.6) is 5.75 Å². The second-order valence-electron chi connectivity index (χ2n) is 8.91. The van der Waals surface area contributed by atoms with Crippen LogP contribution >= 0.6 is 11.6 Å². The summed E-state index contributed by atoms with van der Waals surface area (Å²) in [4.78, 5) is 29.5. The lowest BCUT2D eigenvalue weighted by Crippen LogP contribution is -2.09. The van der Waals surface area contributed by atoms with Gasteiger partial charge >= 0.3 is 5.69 Å². The predicted molar refractivity (Wildman–Crippen MR) is 140 cm³/mol. The quantitative estimate of drug-likeness (QED) is 0.163. The molecule has 0 radical (unpaired) electrons. The first kappa shape index (κ1) is 24.5. The summed E-state index contributed by atoms with van der Waals surface area (Å²) in [6.07, 6.45) is 3.54. The summed E-state index contributed by atoms with van der Waals surface area (Å²) in [6.45, 7) is 1.98. The molecule has 2 aromatic carbocycles. The highest BCUT2D eigenvalue weighted by molar-refractivity contribution is 6.35. The number of nitro groups is 1. The zero-order valence-electron chi connectivity index (χ0n) is 20.3. The van der Waals surface area contributed by atoms with Crippen molar-refractivity contribution in [3.8, 4) is 5.75 Å². The number of pyridine rings is 1.